The zero-order chi connectivity index (χ0) is 27.7. The van der Waals surface area contributed by atoms with Crippen LogP contribution in [0.1, 0.15) is 37.8 Å². The van der Waals surface area contributed by atoms with E-state index in [0.29, 0.717) is 23.7 Å². The van der Waals surface area contributed by atoms with Crippen LogP contribution in [0.15, 0.2) is 83.8 Å². The Morgan fingerprint density at radius 1 is 0.921 bits per heavy atom. The van der Waals surface area contributed by atoms with E-state index in [1.54, 1.807) is 42.5 Å². The molecule has 9 heteroatoms. The van der Waals surface area contributed by atoms with Crippen molar-refractivity contribution in [2.24, 2.45) is 0 Å². The van der Waals surface area contributed by atoms with Crippen molar-refractivity contribution in [3.8, 4) is 0 Å². The summed E-state index contributed by atoms with van der Waals surface area (Å²) >= 11 is 6.05. The maximum absolute atomic E-state index is 13.9. The summed E-state index contributed by atoms with van der Waals surface area (Å²) in [6, 6.07) is 21.2. The molecule has 0 saturated heterocycles. The fourth-order valence-corrected chi connectivity index (χ4v) is 5.59. The van der Waals surface area contributed by atoms with E-state index in [4.69, 9.17) is 11.6 Å². The number of halogens is 1. The minimum atomic E-state index is -4.10. The Morgan fingerprint density at radius 2 is 1.55 bits per heavy atom. The SMILES string of the molecule is CCCNC(=O)[C@H](CC)N(Cc1ccc(C)cc1)C(=O)CN(c1ccc(Cl)cc1)S(=O)(=O)c1ccccc1. The van der Waals surface area contributed by atoms with E-state index < -0.39 is 28.5 Å². The molecule has 0 aliphatic heterocycles. The summed E-state index contributed by atoms with van der Waals surface area (Å²) in [5.74, 6) is -0.752. The summed E-state index contributed by atoms with van der Waals surface area (Å²) in [4.78, 5) is 28.5. The van der Waals surface area contributed by atoms with E-state index in [1.165, 1.54) is 17.0 Å². The topological polar surface area (TPSA) is 86.8 Å². The smallest absolute Gasteiger partial charge is 0.264 e. The molecule has 0 saturated carbocycles. The molecule has 0 aliphatic carbocycles. The summed E-state index contributed by atoms with van der Waals surface area (Å²) in [6.45, 7) is 5.93. The van der Waals surface area contributed by atoms with E-state index >= 15 is 0 Å². The van der Waals surface area contributed by atoms with E-state index in [-0.39, 0.29) is 17.3 Å². The van der Waals surface area contributed by atoms with Crippen LogP contribution < -0.4 is 9.62 Å². The second kappa shape index (κ2) is 13.4. The van der Waals surface area contributed by atoms with Gasteiger partial charge in [0.2, 0.25) is 11.8 Å². The average molecular weight is 556 g/mol. The largest absolute Gasteiger partial charge is 0.354 e. The van der Waals surface area contributed by atoms with Crippen molar-refractivity contribution in [3.63, 3.8) is 0 Å². The molecule has 3 aromatic rings. The van der Waals surface area contributed by atoms with Gasteiger partial charge < -0.3 is 10.2 Å². The fourth-order valence-electron chi connectivity index (χ4n) is 4.03. The molecular weight excluding hydrogens is 522 g/mol. The second-order valence-corrected chi connectivity index (χ2v) is 11.3. The van der Waals surface area contributed by atoms with Gasteiger partial charge in [-0.05, 0) is 61.7 Å². The van der Waals surface area contributed by atoms with Gasteiger partial charge in [0.25, 0.3) is 10.0 Å². The highest BCUT2D eigenvalue weighted by Crippen LogP contribution is 2.26. The van der Waals surface area contributed by atoms with Crippen LogP contribution in [0.25, 0.3) is 0 Å². The number of sulfonamides is 1. The summed E-state index contributed by atoms with van der Waals surface area (Å²) in [5, 5.41) is 3.32. The number of hydrogen-bond acceptors (Lipinski definition) is 4. The maximum Gasteiger partial charge on any atom is 0.264 e. The molecule has 3 aromatic carbocycles. The highest BCUT2D eigenvalue weighted by atomic mass is 35.5. The molecular formula is C29H34ClN3O4S. The van der Waals surface area contributed by atoms with Crippen molar-refractivity contribution in [2.75, 3.05) is 17.4 Å². The lowest BCUT2D eigenvalue weighted by Crippen LogP contribution is -2.52. The lowest BCUT2D eigenvalue weighted by atomic mass is 10.1. The van der Waals surface area contributed by atoms with E-state index in [1.807, 2.05) is 45.0 Å². The van der Waals surface area contributed by atoms with Gasteiger partial charge in [-0.1, -0.05) is 73.5 Å². The normalized spacial score (nSPS) is 12.0. The van der Waals surface area contributed by atoms with Crippen LogP contribution in [0.3, 0.4) is 0 Å². The number of rotatable bonds is 12. The molecule has 0 unspecified atom stereocenters. The van der Waals surface area contributed by atoms with E-state index in [2.05, 4.69) is 5.32 Å². The molecule has 0 fully saturated rings. The Kier molecular flexibility index (Phi) is 10.3. The fraction of sp³-hybridized carbons (Fsp3) is 0.310. The van der Waals surface area contributed by atoms with Crippen LogP contribution in [0.5, 0.6) is 0 Å². The van der Waals surface area contributed by atoms with Crippen LogP contribution in [-0.4, -0.2) is 44.3 Å². The Morgan fingerprint density at radius 3 is 2.13 bits per heavy atom. The summed E-state index contributed by atoms with van der Waals surface area (Å²) in [5.41, 5.74) is 2.21. The number of carbonyl (C=O) groups excluding carboxylic acids is 2. The number of nitrogens with one attached hydrogen (secondary N) is 1. The average Bonchev–Trinajstić information content (AvgIpc) is 2.92. The lowest BCUT2D eigenvalue weighted by Gasteiger charge is -2.33. The number of aryl methyl sites for hydroxylation is 1. The monoisotopic (exact) mass is 555 g/mol. The summed E-state index contributed by atoms with van der Waals surface area (Å²) in [7, 11) is -4.10. The van der Waals surface area contributed by atoms with E-state index in [0.717, 1.165) is 21.9 Å². The third kappa shape index (κ3) is 7.36. The minimum Gasteiger partial charge on any atom is -0.354 e. The maximum atomic E-state index is 13.9. The standard InChI is InChI=1S/C29H34ClN3O4S/c1-4-19-31-29(35)27(5-2)32(20-23-13-11-22(3)12-14-23)28(34)21-33(25-17-15-24(30)16-18-25)38(36,37)26-9-7-6-8-10-26/h6-18,27H,4-5,19-21H2,1-3H3,(H,31,35)/t27-/m0/s1. The summed E-state index contributed by atoms with van der Waals surface area (Å²) in [6.07, 6.45) is 1.13. The quantitative estimate of drug-likeness (QED) is 0.334. The molecule has 0 aromatic heterocycles. The van der Waals surface area contributed by atoms with Gasteiger partial charge >= 0.3 is 0 Å². The van der Waals surface area contributed by atoms with Gasteiger partial charge in [-0.25, -0.2) is 8.42 Å². The number of carbonyl (C=O) groups is 2. The zero-order valence-electron chi connectivity index (χ0n) is 21.9. The molecule has 0 spiro atoms. The molecule has 2 amide bonds. The van der Waals surface area contributed by atoms with Gasteiger partial charge in [0.1, 0.15) is 12.6 Å². The molecule has 3 rings (SSSR count). The van der Waals surface area contributed by atoms with E-state index in [9.17, 15) is 18.0 Å². The highest BCUT2D eigenvalue weighted by Gasteiger charge is 2.33. The number of anilines is 1. The van der Waals surface area contributed by atoms with Crippen molar-refractivity contribution in [3.05, 3.63) is 95.0 Å². The first-order valence-electron chi connectivity index (χ1n) is 12.6. The first-order chi connectivity index (χ1) is 18.2. The first kappa shape index (κ1) is 29.2. The summed E-state index contributed by atoms with van der Waals surface area (Å²) < 4.78 is 28.5. The van der Waals surface area contributed by atoms with Crippen LogP contribution >= 0.6 is 11.6 Å². The number of nitrogens with zero attached hydrogens (tertiary/aromatic N) is 2. The van der Waals surface area contributed by atoms with Gasteiger partial charge in [-0.3, -0.25) is 13.9 Å². The van der Waals surface area contributed by atoms with Gasteiger partial charge in [0.15, 0.2) is 0 Å². The molecule has 202 valence electrons. The third-order valence-corrected chi connectivity index (χ3v) is 8.17. The van der Waals surface area contributed by atoms with Crippen LogP contribution in [0, 0.1) is 6.92 Å². The lowest BCUT2D eigenvalue weighted by molar-refractivity contribution is -0.140. The Balaban J connectivity index is 2.02. The molecule has 7 nitrogen and oxygen atoms in total. The van der Waals surface area contributed by atoms with Gasteiger partial charge in [0.05, 0.1) is 10.6 Å². The molecule has 0 radical (unpaired) electrons. The Labute approximate surface area is 230 Å². The van der Waals surface area contributed by atoms with Crippen LogP contribution in [-0.2, 0) is 26.2 Å². The molecule has 0 heterocycles. The number of hydrogen-bond donors (Lipinski definition) is 1. The van der Waals surface area contributed by atoms with Gasteiger partial charge in [-0.2, -0.15) is 0 Å². The number of amides is 2. The predicted molar refractivity (Wildman–Crippen MR) is 152 cm³/mol. The first-order valence-corrected chi connectivity index (χ1v) is 14.4. The second-order valence-electron chi connectivity index (χ2n) is 9.02. The third-order valence-electron chi connectivity index (χ3n) is 6.13. The van der Waals surface area contributed by atoms with Gasteiger partial charge in [-0.15, -0.1) is 0 Å². The van der Waals surface area contributed by atoms with Crippen molar-refractivity contribution in [2.45, 2.75) is 51.1 Å². The van der Waals surface area contributed by atoms with Crippen LogP contribution in [0.4, 0.5) is 5.69 Å². The van der Waals surface area contributed by atoms with Crippen molar-refractivity contribution in [1.29, 1.82) is 0 Å². The molecule has 1 atom stereocenters. The van der Waals surface area contributed by atoms with Gasteiger partial charge in [0, 0.05) is 18.1 Å². The predicted octanol–water partition coefficient (Wildman–Crippen LogP) is 5.18. The molecule has 38 heavy (non-hydrogen) atoms. The molecule has 0 bridgehead atoms. The molecule has 1 N–H and O–H groups in total. The number of benzene rings is 3. The Hall–Kier alpha value is -3.36. The van der Waals surface area contributed by atoms with Crippen molar-refractivity contribution in [1.82, 2.24) is 10.2 Å². The van der Waals surface area contributed by atoms with Crippen molar-refractivity contribution < 1.29 is 18.0 Å². The highest BCUT2D eigenvalue weighted by molar-refractivity contribution is 7.92. The Bertz CT molecular complexity index is 1310. The van der Waals surface area contributed by atoms with Crippen LogP contribution in [0.2, 0.25) is 5.02 Å². The zero-order valence-corrected chi connectivity index (χ0v) is 23.5. The molecule has 0 aliphatic rings. The minimum absolute atomic E-state index is 0.0561. The van der Waals surface area contributed by atoms with Crippen molar-refractivity contribution >= 4 is 39.1 Å².